The second-order valence-corrected chi connectivity index (χ2v) is 14.3. The van der Waals surface area contributed by atoms with Crippen molar-refractivity contribution in [3.05, 3.63) is 85.0 Å². The van der Waals surface area contributed by atoms with Crippen LogP contribution in [-0.4, -0.2) is 5.97 Å². The maximum Gasteiger partial charge on any atom is 0.344 e. The number of rotatable bonds is 5. The summed E-state index contributed by atoms with van der Waals surface area (Å²) in [6, 6.07) is 9.82. The van der Waals surface area contributed by atoms with Crippen LogP contribution >= 0.6 is 149 Å². The highest BCUT2D eigenvalue weighted by Crippen LogP contribution is 2.53. The standard InChI is InChI=1S/C20H6Br5Cl5O2S/c21-11-12(22)14(24)18(15(25)13(11)23)32-19(31)7-3-1-2-4-8(7)20(29,30)33-10-6-5-9(26)16(27)17(10)28/h1-6H. The lowest BCUT2D eigenvalue weighted by Gasteiger charge is -2.23. The molecule has 0 heterocycles. The first-order valence-corrected chi connectivity index (χ1v) is 15.1. The lowest BCUT2D eigenvalue weighted by atomic mass is 10.1. The van der Waals surface area contributed by atoms with E-state index in [-0.39, 0.29) is 21.4 Å². The van der Waals surface area contributed by atoms with Crippen molar-refractivity contribution in [2.24, 2.45) is 0 Å². The van der Waals surface area contributed by atoms with E-state index in [0.717, 1.165) is 16.2 Å². The van der Waals surface area contributed by atoms with E-state index in [2.05, 4.69) is 79.6 Å². The molecule has 0 saturated carbocycles. The van der Waals surface area contributed by atoms with Crippen molar-refractivity contribution in [2.75, 3.05) is 0 Å². The van der Waals surface area contributed by atoms with Crippen LogP contribution in [0.3, 0.4) is 0 Å². The minimum atomic E-state index is -1.61. The van der Waals surface area contributed by atoms with Crippen LogP contribution in [0.2, 0.25) is 15.1 Å². The van der Waals surface area contributed by atoms with Gasteiger partial charge in [-0.25, -0.2) is 4.79 Å². The fourth-order valence-electron chi connectivity index (χ4n) is 2.52. The normalized spacial score (nSPS) is 11.6. The third-order valence-electron chi connectivity index (χ3n) is 4.06. The first kappa shape index (κ1) is 28.9. The Morgan fingerprint density at radius 1 is 0.788 bits per heavy atom. The minimum absolute atomic E-state index is 0.167. The van der Waals surface area contributed by atoms with Crippen molar-refractivity contribution < 1.29 is 9.53 Å². The summed E-state index contributed by atoms with van der Waals surface area (Å²) >= 11 is 50.1. The Labute approximate surface area is 261 Å². The molecule has 0 spiro atoms. The van der Waals surface area contributed by atoms with Crippen molar-refractivity contribution in [1.82, 2.24) is 0 Å². The van der Waals surface area contributed by atoms with Gasteiger partial charge in [-0.1, -0.05) is 88.0 Å². The number of carbonyl (C=O) groups is 1. The monoisotopic (exact) mass is 879 g/mol. The van der Waals surface area contributed by atoms with E-state index in [1.54, 1.807) is 36.4 Å². The van der Waals surface area contributed by atoms with Gasteiger partial charge in [0, 0.05) is 14.9 Å². The number of alkyl halides is 2. The van der Waals surface area contributed by atoms with Gasteiger partial charge < -0.3 is 4.74 Å². The van der Waals surface area contributed by atoms with Crippen molar-refractivity contribution >= 4 is 155 Å². The SMILES string of the molecule is O=C(Oc1c(Br)c(Br)c(Br)c(Br)c1Br)c1ccccc1C(Cl)(Cl)Sc1ccc(Cl)c(Cl)c1Cl. The van der Waals surface area contributed by atoms with E-state index in [1.807, 2.05) is 0 Å². The first-order valence-electron chi connectivity index (χ1n) is 8.40. The number of esters is 1. The molecule has 13 heteroatoms. The first-order chi connectivity index (χ1) is 15.4. The zero-order valence-electron chi connectivity index (χ0n) is 15.5. The average Bonchev–Trinajstić information content (AvgIpc) is 2.79. The predicted molar refractivity (Wildman–Crippen MR) is 157 cm³/mol. The molecular weight excluding hydrogens is 881 g/mol. The number of thioether (sulfide) groups is 1. The molecule has 0 N–H and O–H groups in total. The second kappa shape index (κ2) is 11.8. The zero-order valence-corrected chi connectivity index (χ0v) is 28.0. The van der Waals surface area contributed by atoms with Gasteiger partial charge in [0.2, 0.25) is 0 Å². The number of halogens is 10. The molecule has 33 heavy (non-hydrogen) atoms. The molecule has 0 aliphatic carbocycles. The summed E-state index contributed by atoms with van der Waals surface area (Å²) in [6.07, 6.45) is 0. The van der Waals surface area contributed by atoms with Gasteiger partial charge in [0.1, 0.15) is 0 Å². The summed E-state index contributed by atoms with van der Waals surface area (Å²) in [5.74, 6) is -0.411. The van der Waals surface area contributed by atoms with Crippen LogP contribution < -0.4 is 4.74 Å². The molecule has 174 valence electrons. The fourth-order valence-corrected chi connectivity index (χ4v) is 8.12. The molecular formula is C20H6Br5Cl5O2S. The number of ether oxygens (including phenoxy) is 1. The van der Waals surface area contributed by atoms with Crippen LogP contribution in [0.1, 0.15) is 15.9 Å². The Hall–Kier alpha value is 1.33. The van der Waals surface area contributed by atoms with E-state index in [0.29, 0.717) is 33.4 Å². The van der Waals surface area contributed by atoms with Gasteiger partial charge in [0.15, 0.2) is 9.41 Å². The highest BCUT2D eigenvalue weighted by Gasteiger charge is 2.34. The summed E-state index contributed by atoms with van der Waals surface area (Å²) in [5, 5.41) is 0.686. The molecule has 0 radical (unpaired) electrons. The smallest absolute Gasteiger partial charge is 0.344 e. The summed E-state index contributed by atoms with van der Waals surface area (Å²) in [7, 11) is 0. The van der Waals surface area contributed by atoms with Gasteiger partial charge in [0.25, 0.3) is 0 Å². The molecule has 3 rings (SSSR count). The van der Waals surface area contributed by atoms with Crippen LogP contribution in [0, 0.1) is 0 Å². The lowest BCUT2D eigenvalue weighted by Crippen LogP contribution is -2.17. The molecule has 3 aromatic carbocycles. The molecule has 0 aliphatic rings. The van der Waals surface area contributed by atoms with E-state index < -0.39 is 9.63 Å². The number of hydrogen-bond acceptors (Lipinski definition) is 3. The number of carbonyl (C=O) groups excluding carboxylic acids is 1. The van der Waals surface area contributed by atoms with Gasteiger partial charge in [-0.3, -0.25) is 0 Å². The fraction of sp³-hybridized carbons (Fsp3) is 0.0500. The maximum atomic E-state index is 13.2. The summed E-state index contributed by atoms with van der Waals surface area (Å²) in [5.41, 5.74) is 0.480. The molecule has 0 fully saturated rings. The molecule has 0 aliphatic heterocycles. The Morgan fingerprint density at radius 3 is 1.94 bits per heavy atom. The van der Waals surface area contributed by atoms with Crippen molar-refractivity contribution in [2.45, 2.75) is 8.56 Å². The Morgan fingerprint density at radius 2 is 1.33 bits per heavy atom. The Balaban J connectivity index is 2.00. The maximum absolute atomic E-state index is 13.2. The van der Waals surface area contributed by atoms with Crippen molar-refractivity contribution in [3.63, 3.8) is 0 Å². The number of benzene rings is 3. The van der Waals surface area contributed by atoms with Crippen LogP contribution in [-0.2, 0) is 3.67 Å². The second-order valence-electron chi connectivity index (χ2n) is 6.13. The number of hydrogen-bond donors (Lipinski definition) is 0. The third-order valence-corrected chi connectivity index (χ3v) is 13.4. The molecule has 0 unspecified atom stereocenters. The summed E-state index contributed by atoms with van der Waals surface area (Å²) < 4.78 is 7.20. The zero-order chi connectivity index (χ0) is 24.7. The topological polar surface area (TPSA) is 26.3 Å². The molecule has 2 nitrogen and oxygen atoms in total. The molecule has 0 amide bonds. The minimum Gasteiger partial charge on any atom is -0.420 e. The predicted octanol–water partition coefficient (Wildman–Crippen LogP) is 12.1. The van der Waals surface area contributed by atoms with Crippen LogP contribution in [0.4, 0.5) is 0 Å². The van der Waals surface area contributed by atoms with E-state index in [4.69, 9.17) is 62.7 Å². The van der Waals surface area contributed by atoms with Crippen LogP contribution in [0.25, 0.3) is 0 Å². The lowest BCUT2D eigenvalue weighted by molar-refractivity contribution is 0.0731. The Bertz CT molecular complexity index is 1240. The van der Waals surface area contributed by atoms with Gasteiger partial charge in [0.05, 0.1) is 38.5 Å². The van der Waals surface area contributed by atoms with Gasteiger partial charge in [-0.2, -0.15) is 0 Å². The highest BCUT2D eigenvalue weighted by molar-refractivity contribution is 9.15. The molecule has 0 atom stereocenters. The van der Waals surface area contributed by atoms with Crippen LogP contribution in [0.5, 0.6) is 5.75 Å². The molecule has 3 aromatic rings. The largest absolute Gasteiger partial charge is 0.420 e. The quantitative estimate of drug-likeness (QED) is 0.0638. The molecule has 0 bridgehead atoms. The third kappa shape index (κ3) is 6.25. The summed E-state index contributed by atoms with van der Waals surface area (Å²) in [6.45, 7) is 0. The highest BCUT2D eigenvalue weighted by atomic mass is 79.9. The van der Waals surface area contributed by atoms with E-state index in [1.165, 1.54) is 0 Å². The van der Waals surface area contributed by atoms with Gasteiger partial charge >= 0.3 is 5.97 Å². The van der Waals surface area contributed by atoms with Crippen LogP contribution in [0.15, 0.2) is 63.7 Å². The van der Waals surface area contributed by atoms with Gasteiger partial charge in [-0.15, -0.1) is 0 Å². The summed E-state index contributed by atoms with van der Waals surface area (Å²) in [4.78, 5) is 13.7. The van der Waals surface area contributed by atoms with Gasteiger partial charge in [-0.05, 0) is 97.8 Å². The molecule has 0 aromatic heterocycles. The average molecular weight is 887 g/mol. The van der Waals surface area contributed by atoms with Crippen molar-refractivity contribution in [1.29, 1.82) is 0 Å². The molecule has 0 saturated heterocycles. The Kier molecular flexibility index (Phi) is 10.3. The van der Waals surface area contributed by atoms with E-state index >= 15 is 0 Å². The van der Waals surface area contributed by atoms with Crippen molar-refractivity contribution in [3.8, 4) is 5.75 Å². The van der Waals surface area contributed by atoms with E-state index in [9.17, 15) is 4.79 Å².